The molecule has 11 heteroatoms. The first kappa shape index (κ1) is 35.5. The standard InChI is InChI=1S/C34H50N6O5/c1-6-10-28(38-33(44)29(20-34(3,4)5)39-31(42)26-15-17-40(45)18-16-26)32(43)37-27(19-24-11-8-7-9-12-24)22-35-23(2)30(41)36-21-25-13-14-25/h7-9,11-12,15-18,23,25,27-29,35H,6,10,13-14,19-22H2,1-5H3,(H,36,41)(H,37,43)(H,38,44)(H,39,42)/t23-,27-,28-,29-/m0/s1. The van der Waals surface area contributed by atoms with Gasteiger partial charge in [0.15, 0.2) is 12.4 Å². The number of amides is 4. The summed E-state index contributed by atoms with van der Waals surface area (Å²) in [5.74, 6) is -0.765. The minimum atomic E-state index is -0.902. The summed E-state index contributed by atoms with van der Waals surface area (Å²) in [5.41, 5.74) is 0.979. The Morgan fingerprint density at radius 2 is 1.56 bits per heavy atom. The van der Waals surface area contributed by atoms with Crippen molar-refractivity contribution in [2.24, 2.45) is 11.3 Å². The van der Waals surface area contributed by atoms with Crippen molar-refractivity contribution < 1.29 is 23.9 Å². The van der Waals surface area contributed by atoms with Gasteiger partial charge in [-0.1, -0.05) is 64.4 Å². The molecule has 0 bridgehead atoms. The molecular formula is C34H50N6O5. The summed E-state index contributed by atoms with van der Waals surface area (Å²) in [7, 11) is 0. The zero-order valence-corrected chi connectivity index (χ0v) is 27.2. The maximum absolute atomic E-state index is 13.7. The van der Waals surface area contributed by atoms with Gasteiger partial charge in [-0.3, -0.25) is 19.2 Å². The van der Waals surface area contributed by atoms with Crippen LogP contribution >= 0.6 is 0 Å². The van der Waals surface area contributed by atoms with Gasteiger partial charge in [0.2, 0.25) is 17.7 Å². The maximum Gasteiger partial charge on any atom is 0.252 e. The van der Waals surface area contributed by atoms with E-state index in [0.29, 0.717) is 49.4 Å². The lowest BCUT2D eigenvalue weighted by molar-refractivity contribution is -0.605. The Morgan fingerprint density at radius 1 is 0.911 bits per heavy atom. The Balaban J connectivity index is 1.69. The SMILES string of the molecule is CCC[C@H](NC(=O)[C@H](CC(C)(C)C)NC(=O)c1cc[n+]([O-])cc1)C(=O)N[C@H](CN[C@@H](C)C(=O)NCC1CC1)Cc1ccccc1. The van der Waals surface area contributed by atoms with Gasteiger partial charge in [-0.25, -0.2) is 0 Å². The van der Waals surface area contributed by atoms with Gasteiger partial charge in [-0.15, -0.1) is 0 Å². The number of nitrogens with one attached hydrogen (secondary N) is 5. The Morgan fingerprint density at radius 3 is 2.16 bits per heavy atom. The minimum absolute atomic E-state index is 0.0718. The van der Waals surface area contributed by atoms with Crippen molar-refractivity contribution in [3.8, 4) is 0 Å². The van der Waals surface area contributed by atoms with E-state index in [0.717, 1.165) is 18.4 Å². The fourth-order valence-corrected chi connectivity index (χ4v) is 4.96. The molecule has 3 rings (SSSR count). The first-order valence-corrected chi connectivity index (χ1v) is 16.0. The quantitative estimate of drug-likeness (QED) is 0.135. The highest BCUT2D eigenvalue weighted by molar-refractivity contribution is 5.98. The third-order valence-electron chi connectivity index (χ3n) is 7.71. The Labute approximate surface area is 266 Å². The van der Waals surface area contributed by atoms with Gasteiger partial charge in [0.1, 0.15) is 12.1 Å². The smallest absolute Gasteiger partial charge is 0.252 e. The third kappa shape index (κ3) is 12.9. The lowest BCUT2D eigenvalue weighted by atomic mass is 9.87. The van der Waals surface area contributed by atoms with Gasteiger partial charge in [-0.2, -0.15) is 4.73 Å². The molecule has 1 aromatic heterocycles. The summed E-state index contributed by atoms with van der Waals surface area (Å²) in [5, 5.41) is 26.4. The van der Waals surface area contributed by atoms with Crippen LogP contribution in [0.25, 0.3) is 0 Å². The van der Waals surface area contributed by atoms with Crippen LogP contribution in [0.5, 0.6) is 0 Å². The van der Waals surface area contributed by atoms with Crippen LogP contribution in [0.4, 0.5) is 0 Å². The van der Waals surface area contributed by atoms with E-state index in [4.69, 9.17) is 0 Å². The number of rotatable bonds is 17. The predicted octanol–water partition coefficient (Wildman–Crippen LogP) is 2.37. The van der Waals surface area contributed by atoms with E-state index < -0.39 is 29.9 Å². The van der Waals surface area contributed by atoms with Gasteiger partial charge >= 0.3 is 0 Å². The van der Waals surface area contributed by atoms with Crippen LogP contribution in [-0.2, 0) is 20.8 Å². The molecule has 1 fully saturated rings. The monoisotopic (exact) mass is 622 g/mol. The van der Waals surface area contributed by atoms with Crippen LogP contribution in [0.15, 0.2) is 54.9 Å². The molecule has 1 saturated carbocycles. The van der Waals surface area contributed by atoms with E-state index in [2.05, 4.69) is 26.6 Å². The number of nitrogens with zero attached hydrogens (tertiary/aromatic N) is 1. The van der Waals surface area contributed by atoms with E-state index in [1.165, 1.54) is 24.5 Å². The number of carbonyl (C=O) groups excluding carboxylic acids is 4. The molecule has 1 aliphatic carbocycles. The molecule has 5 N–H and O–H groups in total. The van der Waals surface area contributed by atoms with Gasteiger partial charge in [0.05, 0.1) is 11.6 Å². The number of carbonyl (C=O) groups is 4. The van der Waals surface area contributed by atoms with E-state index in [1.807, 2.05) is 58.0 Å². The average Bonchev–Trinajstić information content (AvgIpc) is 3.82. The van der Waals surface area contributed by atoms with Gasteiger partial charge in [0.25, 0.3) is 5.91 Å². The summed E-state index contributed by atoms with van der Waals surface area (Å²) in [4.78, 5) is 52.8. The normalized spacial score (nSPS) is 15.7. The molecule has 4 amide bonds. The topological polar surface area (TPSA) is 155 Å². The molecule has 1 aromatic carbocycles. The highest BCUT2D eigenvalue weighted by Gasteiger charge is 2.31. The van der Waals surface area contributed by atoms with Crippen molar-refractivity contribution >= 4 is 23.6 Å². The number of pyridine rings is 1. The first-order valence-electron chi connectivity index (χ1n) is 16.0. The maximum atomic E-state index is 13.7. The summed E-state index contributed by atoms with van der Waals surface area (Å²) in [6.07, 6.45) is 6.67. The Kier molecular flexibility index (Phi) is 13.3. The van der Waals surface area contributed by atoms with Gasteiger partial charge in [-0.05, 0) is 55.9 Å². The van der Waals surface area contributed by atoms with Crippen LogP contribution in [0.1, 0.15) is 82.6 Å². The number of hydrogen-bond acceptors (Lipinski definition) is 6. The predicted molar refractivity (Wildman–Crippen MR) is 173 cm³/mol. The van der Waals surface area contributed by atoms with Crippen LogP contribution in [0, 0.1) is 16.5 Å². The van der Waals surface area contributed by atoms with Gasteiger partial charge in [0, 0.05) is 31.3 Å². The molecule has 0 saturated heterocycles. The lowest BCUT2D eigenvalue weighted by Gasteiger charge is -2.29. The lowest BCUT2D eigenvalue weighted by Crippen LogP contribution is -2.57. The summed E-state index contributed by atoms with van der Waals surface area (Å²) >= 11 is 0. The number of hydrogen-bond donors (Lipinski definition) is 5. The Hall–Kier alpha value is -3.99. The molecule has 0 unspecified atom stereocenters. The second-order valence-corrected chi connectivity index (χ2v) is 13.3. The number of benzene rings is 1. The second kappa shape index (κ2) is 16.9. The highest BCUT2D eigenvalue weighted by Crippen LogP contribution is 2.27. The Bertz CT molecular complexity index is 1260. The van der Waals surface area contributed by atoms with Crippen molar-refractivity contribution in [2.45, 2.75) is 97.3 Å². The number of aromatic nitrogens is 1. The third-order valence-corrected chi connectivity index (χ3v) is 7.71. The molecule has 246 valence electrons. The van der Waals surface area contributed by atoms with Crippen molar-refractivity contribution in [2.75, 3.05) is 13.1 Å². The molecule has 0 aliphatic heterocycles. The van der Waals surface area contributed by atoms with Gasteiger partial charge < -0.3 is 31.8 Å². The first-order chi connectivity index (χ1) is 21.3. The molecular weight excluding hydrogens is 572 g/mol. The fraction of sp³-hybridized carbons (Fsp3) is 0.559. The average molecular weight is 623 g/mol. The molecule has 2 aromatic rings. The van der Waals surface area contributed by atoms with Crippen LogP contribution in [0.2, 0.25) is 0 Å². The molecule has 4 atom stereocenters. The molecule has 11 nitrogen and oxygen atoms in total. The van der Waals surface area contributed by atoms with Crippen LogP contribution in [-0.4, -0.2) is 60.9 Å². The molecule has 0 spiro atoms. The molecule has 0 radical (unpaired) electrons. The van der Waals surface area contributed by atoms with Crippen molar-refractivity contribution in [1.29, 1.82) is 0 Å². The molecule has 45 heavy (non-hydrogen) atoms. The second-order valence-electron chi connectivity index (χ2n) is 13.3. The highest BCUT2D eigenvalue weighted by atomic mass is 16.5. The van der Waals surface area contributed by atoms with Crippen LogP contribution < -0.4 is 31.3 Å². The van der Waals surface area contributed by atoms with E-state index >= 15 is 0 Å². The summed E-state index contributed by atoms with van der Waals surface area (Å²) in [6, 6.07) is 10.0. The largest absolute Gasteiger partial charge is 0.619 e. The zero-order chi connectivity index (χ0) is 33.0. The molecule has 1 aliphatic rings. The zero-order valence-electron chi connectivity index (χ0n) is 27.2. The van der Waals surface area contributed by atoms with Crippen molar-refractivity contribution in [3.63, 3.8) is 0 Å². The molecule has 1 heterocycles. The van der Waals surface area contributed by atoms with Crippen molar-refractivity contribution in [1.82, 2.24) is 26.6 Å². The van der Waals surface area contributed by atoms with Crippen LogP contribution in [0.3, 0.4) is 0 Å². The van der Waals surface area contributed by atoms with E-state index in [1.54, 1.807) is 6.92 Å². The van der Waals surface area contributed by atoms with E-state index in [-0.39, 0.29) is 28.8 Å². The summed E-state index contributed by atoms with van der Waals surface area (Å²) < 4.78 is 0.579. The van der Waals surface area contributed by atoms with E-state index in [9.17, 15) is 24.4 Å². The minimum Gasteiger partial charge on any atom is -0.619 e. The fourth-order valence-electron chi connectivity index (χ4n) is 4.96. The van der Waals surface area contributed by atoms with Crippen molar-refractivity contribution in [3.05, 3.63) is 71.2 Å². The summed E-state index contributed by atoms with van der Waals surface area (Å²) in [6.45, 7) is 10.7.